The van der Waals surface area contributed by atoms with Gasteiger partial charge in [-0.25, -0.2) is 4.79 Å². The van der Waals surface area contributed by atoms with Crippen LogP contribution in [0.25, 0.3) is 0 Å². The Hall–Kier alpha value is -1.85. The number of amides is 1. The van der Waals surface area contributed by atoms with Crippen molar-refractivity contribution in [2.45, 2.75) is 38.3 Å². The molecule has 0 aliphatic carbocycles. The summed E-state index contributed by atoms with van der Waals surface area (Å²) in [6, 6.07) is 0. The molecule has 0 unspecified atom stereocenters. The van der Waals surface area contributed by atoms with E-state index < -0.39 is 34.9 Å². The van der Waals surface area contributed by atoms with E-state index in [1.807, 2.05) is 0 Å². The first-order chi connectivity index (χ1) is 11.2. The molecule has 0 bridgehead atoms. The number of esters is 1. The lowest BCUT2D eigenvalue weighted by molar-refractivity contribution is -0.343. The Labute approximate surface area is 141 Å². The standard InChI is InChI=1S/C13H12F7NO3S/c1-4-6-5(2)25-8(7(6)9(22)24-3)21-10(23)11(14,15)12(16,17)13(18,19)20/h4H2,1-3H3,(H,21,23). The first-order valence-corrected chi connectivity index (χ1v) is 7.38. The number of aryl methyl sites for hydroxylation is 1. The molecule has 0 saturated carbocycles. The molecule has 0 fully saturated rings. The summed E-state index contributed by atoms with van der Waals surface area (Å²) in [6.07, 6.45) is -6.43. The molecule has 0 aliphatic rings. The number of hydrogen-bond acceptors (Lipinski definition) is 4. The minimum atomic E-state index is -6.64. The summed E-state index contributed by atoms with van der Waals surface area (Å²) < 4.78 is 93.4. The number of nitrogens with one attached hydrogen (secondary N) is 1. The van der Waals surface area contributed by atoms with Gasteiger partial charge in [0.05, 0.1) is 12.7 Å². The van der Waals surface area contributed by atoms with Crippen LogP contribution in [0.2, 0.25) is 0 Å². The summed E-state index contributed by atoms with van der Waals surface area (Å²) in [4.78, 5) is 23.5. The Morgan fingerprint density at radius 1 is 1.12 bits per heavy atom. The Morgan fingerprint density at radius 2 is 1.64 bits per heavy atom. The summed E-state index contributed by atoms with van der Waals surface area (Å²) >= 11 is 0.580. The molecule has 0 saturated heterocycles. The van der Waals surface area contributed by atoms with Crippen LogP contribution in [0.5, 0.6) is 0 Å². The lowest BCUT2D eigenvalue weighted by atomic mass is 10.1. The highest BCUT2D eigenvalue weighted by Gasteiger charge is 2.76. The zero-order valence-electron chi connectivity index (χ0n) is 13.0. The highest BCUT2D eigenvalue weighted by Crippen LogP contribution is 2.47. The summed E-state index contributed by atoms with van der Waals surface area (Å²) in [5.74, 6) is -16.6. The van der Waals surface area contributed by atoms with Gasteiger partial charge in [0, 0.05) is 4.88 Å². The van der Waals surface area contributed by atoms with Crippen LogP contribution in [0.4, 0.5) is 35.7 Å². The molecule has 1 aromatic rings. The van der Waals surface area contributed by atoms with E-state index in [4.69, 9.17) is 0 Å². The van der Waals surface area contributed by atoms with E-state index >= 15 is 0 Å². The average Bonchev–Trinajstić information content (AvgIpc) is 2.80. The highest BCUT2D eigenvalue weighted by molar-refractivity contribution is 7.16. The fourth-order valence-corrected chi connectivity index (χ4v) is 3.04. The predicted octanol–water partition coefficient (Wildman–Crippen LogP) is 4.18. The molecule has 4 nitrogen and oxygen atoms in total. The van der Waals surface area contributed by atoms with Gasteiger partial charge in [0.25, 0.3) is 0 Å². The number of methoxy groups -OCH3 is 1. The fraction of sp³-hybridized carbons (Fsp3) is 0.538. The van der Waals surface area contributed by atoms with Gasteiger partial charge in [-0.15, -0.1) is 11.3 Å². The molecule has 0 aromatic carbocycles. The van der Waals surface area contributed by atoms with Crippen LogP contribution in [0.1, 0.15) is 27.7 Å². The number of rotatable bonds is 5. The number of carbonyl (C=O) groups excluding carboxylic acids is 2. The molecule has 0 radical (unpaired) electrons. The molecule has 1 aromatic heterocycles. The second-order valence-corrected chi connectivity index (χ2v) is 6.01. The normalized spacial score (nSPS) is 12.9. The van der Waals surface area contributed by atoms with Crippen molar-refractivity contribution in [3.8, 4) is 0 Å². The van der Waals surface area contributed by atoms with Gasteiger partial charge < -0.3 is 10.1 Å². The van der Waals surface area contributed by atoms with Gasteiger partial charge >= 0.3 is 29.9 Å². The monoisotopic (exact) mass is 395 g/mol. The van der Waals surface area contributed by atoms with Crippen molar-refractivity contribution < 1.29 is 45.1 Å². The molecule has 1 heterocycles. The molecule has 0 aliphatic heterocycles. The molecule has 1 rings (SSSR count). The van der Waals surface area contributed by atoms with Crippen LogP contribution in [0.3, 0.4) is 0 Å². The maximum atomic E-state index is 13.4. The van der Waals surface area contributed by atoms with Crippen molar-refractivity contribution >= 4 is 28.2 Å². The quantitative estimate of drug-likeness (QED) is 0.601. The lowest BCUT2D eigenvalue weighted by Crippen LogP contribution is -2.57. The van der Waals surface area contributed by atoms with Crippen molar-refractivity contribution in [2.24, 2.45) is 0 Å². The molecule has 1 amide bonds. The summed E-state index contributed by atoms with van der Waals surface area (Å²) in [5.41, 5.74) is -0.0787. The van der Waals surface area contributed by atoms with Crippen LogP contribution in [0.15, 0.2) is 0 Å². The maximum absolute atomic E-state index is 13.4. The van der Waals surface area contributed by atoms with Gasteiger partial charge in [0.15, 0.2) is 0 Å². The molecular formula is C13H12F7NO3S. The number of carbonyl (C=O) groups is 2. The molecule has 0 spiro atoms. The van der Waals surface area contributed by atoms with Crippen molar-refractivity contribution in [1.82, 2.24) is 0 Å². The second kappa shape index (κ2) is 6.81. The van der Waals surface area contributed by atoms with E-state index in [2.05, 4.69) is 4.74 Å². The van der Waals surface area contributed by atoms with Crippen LogP contribution in [-0.2, 0) is 16.0 Å². The number of ether oxygens (including phenoxy) is 1. The van der Waals surface area contributed by atoms with Crippen LogP contribution >= 0.6 is 11.3 Å². The van der Waals surface area contributed by atoms with Crippen LogP contribution in [0, 0.1) is 6.92 Å². The number of halogens is 7. The van der Waals surface area contributed by atoms with Crippen molar-refractivity contribution in [1.29, 1.82) is 0 Å². The third-order valence-corrected chi connectivity index (χ3v) is 4.28. The summed E-state index contributed by atoms with van der Waals surface area (Å²) in [7, 11) is 0.951. The molecule has 142 valence electrons. The van der Waals surface area contributed by atoms with E-state index in [0.29, 0.717) is 16.2 Å². The van der Waals surface area contributed by atoms with E-state index in [1.54, 1.807) is 6.92 Å². The zero-order valence-corrected chi connectivity index (χ0v) is 13.8. The number of alkyl halides is 7. The Bertz CT molecular complexity index is 682. The molecular weight excluding hydrogens is 383 g/mol. The SMILES string of the molecule is CCc1c(C)sc(NC(=O)C(F)(F)C(F)(F)C(F)(F)F)c1C(=O)OC. The van der Waals surface area contributed by atoms with E-state index in [9.17, 15) is 40.3 Å². The minimum absolute atomic E-state index is 0.206. The van der Waals surface area contributed by atoms with Gasteiger partial charge in [-0.3, -0.25) is 4.79 Å². The first kappa shape index (κ1) is 21.2. The van der Waals surface area contributed by atoms with E-state index in [0.717, 1.165) is 7.11 Å². The third kappa shape index (κ3) is 3.58. The summed E-state index contributed by atoms with van der Waals surface area (Å²) in [6.45, 7) is 3.04. The largest absolute Gasteiger partial charge is 0.465 e. The van der Waals surface area contributed by atoms with E-state index in [1.165, 1.54) is 12.2 Å². The maximum Gasteiger partial charge on any atom is 0.460 e. The highest BCUT2D eigenvalue weighted by atomic mass is 32.1. The van der Waals surface area contributed by atoms with Crippen LogP contribution < -0.4 is 5.32 Å². The number of thiophene rings is 1. The van der Waals surface area contributed by atoms with Gasteiger partial charge in [-0.05, 0) is 18.9 Å². The lowest BCUT2D eigenvalue weighted by Gasteiger charge is -2.26. The molecule has 1 N–H and O–H groups in total. The average molecular weight is 395 g/mol. The number of hydrogen-bond donors (Lipinski definition) is 1. The molecule has 12 heteroatoms. The zero-order chi connectivity index (χ0) is 19.8. The van der Waals surface area contributed by atoms with Crippen molar-refractivity contribution in [3.63, 3.8) is 0 Å². The Morgan fingerprint density at radius 3 is 2.04 bits per heavy atom. The number of anilines is 1. The Kier molecular flexibility index (Phi) is 5.77. The fourth-order valence-electron chi connectivity index (χ4n) is 1.91. The van der Waals surface area contributed by atoms with Gasteiger partial charge in [0.2, 0.25) is 0 Å². The van der Waals surface area contributed by atoms with Gasteiger partial charge in [-0.2, -0.15) is 30.7 Å². The minimum Gasteiger partial charge on any atom is -0.465 e. The van der Waals surface area contributed by atoms with E-state index in [-0.39, 0.29) is 17.5 Å². The first-order valence-electron chi connectivity index (χ1n) is 6.56. The topological polar surface area (TPSA) is 55.4 Å². The summed E-state index contributed by atoms with van der Waals surface area (Å²) in [5, 5.41) is 0.695. The Balaban J connectivity index is 3.31. The van der Waals surface area contributed by atoms with Gasteiger partial charge in [-0.1, -0.05) is 6.92 Å². The third-order valence-electron chi connectivity index (χ3n) is 3.21. The molecule has 25 heavy (non-hydrogen) atoms. The van der Waals surface area contributed by atoms with Crippen LogP contribution in [-0.4, -0.2) is 37.0 Å². The smallest absolute Gasteiger partial charge is 0.460 e. The van der Waals surface area contributed by atoms with Gasteiger partial charge in [0.1, 0.15) is 5.00 Å². The van der Waals surface area contributed by atoms with Crippen molar-refractivity contribution in [2.75, 3.05) is 12.4 Å². The molecule has 0 atom stereocenters. The van der Waals surface area contributed by atoms with Crippen molar-refractivity contribution in [3.05, 3.63) is 16.0 Å². The predicted molar refractivity (Wildman–Crippen MR) is 74.4 cm³/mol. The second-order valence-electron chi connectivity index (χ2n) is 4.79.